The van der Waals surface area contributed by atoms with Crippen LogP contribution in [0, 0.1) is 16.7 Å². The summed E-state index contributed by atoms with van der Waals surface area (Å²) in [6, 6.07) is 6.60. The molecular weight excluding hydrogens is 234 g/mol. The number of nitrogens with one attached hydrogen (secondary N) is 2. The number of rotatable bonds is 1. The molecule has 0 radical (unpaired) electrons. The summed E-state index contributed by atoms with van der Waals surface area (Å²) in [4.78, 5) is 4.51. The minimum atomic E-state index is 0.358. The van der Waals surface area contributed by atoms with E-state index >= 15 is 0 Å². The summed E-state index contributed by atoms with van der Waals surface area (Å²) >= 11 is 0. The zero-order valence-corrected chi connectivity index (χ0v) is 11.8. The molecule has 3 atom stereocenters. The van der Waals surface area contributed by atoms with E-state index in [2.05, 4.69) is 48.7 Å². The van der Waals surface area contributed by atoms with Gasteiger partial charge in [-0.3, -0.25) is 4.98 Å². The van der Waals surface area contributed by atoms with Crippen LogP contribution in [0.2, 0.25) is 0 Å². The van der Waals surface area contributed by atoms with Crippen molar-refractivity contribution in [3.05, 3.63) is 35.7 Å². The van der Waals surface area contributed by atoms with E-state index in [0.29, 0.717) is 22.8 Å². The van der Waals surface area contributed by atoms with Gasteiger partial charge in [-0.25, -0.2) is 5.43 Å². The van der Waals surface area contributed by atoms with Crippen LogP contribution in [-0.4, -0.2) is 11.0 Å². The van der Waals surface area contributed by atoms with Crippen molar-refractivity contribution in [2.45, 2.75) is 39.7 Å². The maximum atomic E-state index is 4.51. The number of nitrogens with zero attached hydrogens (tertiary/aromatic N) is 1. The van der Waals surface area contributed by atoms with E-state index in [1.807, 2.05) is 12.3 Å². The minimum Gasteiger partial charge on any atom is -0.319 e. The largest absolute Gasteiger partial charge is 0.319 e. The first-order chi connectivity index (χ1) is 9.06. The second-order valence-electron chi connectivity index (χ2n) is 6.98. The van der Waals surface area contributed by atoms with Crippen LogP contribution in [-0.2, 0) is 0 Å². The van der Waals surface area contributed by atoms with Crippen LogP contribution in [0.15, 0.2) is 30.0 Å². The number of hydrazine groups is 1. The van der Waals surface area contributed by atoms with Gasteiger partial charge in [-0.2, -0.15) is 0 Å². The summed E-state index contributed by atoms with van der Waals surface area (Å²) in [6.45, 7) is 7.32. The summed E-state index contributed by atoms with van der Waals surface area (Å²) in [7, 11) is 0. The van der Waals surface area contributed by atoms with Gasteiger partial charge in [-0.1, -0.05) is 26.8 Å². The molecule has 2 aliphatic carbocycles. The third-order valence-corrected chi connectivity index (χ3v) is 6.17. The van der Waals surface area contributed by atoms with Crippen molar-refractivity contribution in [2.75, 3.05) is 0 Å². The van der Waals surface area contributed by atoms with Crippen molar-refractivity contribution in [1.29, 1.82) is 0 Å². The maximum Gasteiger partial charge on any atom is 0.0874 e. The molecule has 2 N–H and O–H groups in total. The highest BCUT2D eigenvalue weighted by molar-refractivity contribution is 5.70. The van der Waals surface area contributed by atoms with E-state index in [-0.39, 0.29) is 0 Å². The van der Waals surface area contributed by atoms with Gasteiger partial charge < -0.3 is 5.43 Å². The second kappa shape index (κ2) is 3.40. The Hall–Kier alpha value is -1.35. The highest BCUT2D eigenvalue weighted by Crippen LogP contribution is 2.68. The Morgan fingerprint density at radius 2 is 2.11 bits per heavy atom. The van der Waals surface area contributed by atoms with Gasteiger partial charge in [0.05, 0.1) is 17.4 Å². The molecule has 2 heterocycles. The second-order valence-corrected chi connectivity index (χ2v) is 6.98. The van der Waals surface area contributed by atoms with Gasteiger partial charge in [0.15, 0.2) is 0 Å². The lowest BCUT2D eigenvalue weighted by Gasteiger charge is -2.38. The molecule has 2 saturated carbocycles. The molecule has 3 nitrogen and oxygen atoms in total. The SMILES string of the molecule is CC1(C)C2CCC1(C)C1NNC(c3ccccn3)=C21. The third kappa shape index (κ3) is 1.20. The fourth-order valence-electron chi connectivity index (χ4n) is 4.62. The monoisotopic (exact) mass is 255 g/mol. The molecule has 1 aromatic rings. The van der Waals surface area contributed by atoms with Crippen molar-refractivity contribution in [2.24, 2.45) is 16.7 Å². The molecule has 0 aromatic carbocycles. The summed E-state index contributed by atoms with van der Waals surface area (Å²) < 4.78 is 0. The van der Waals surface area contributed by atoms with Crippen LogP contribution in [0.25, 0.3) is 5.70 Å². The molecule has 3 unspecified atom stereocenters. The smallest absolute Gasteiger partial charge is 0.0874 e. The summed E-state index contributed by atoms with van der Waals surface area (Å²) in [5, 5.41) is 0. The molecule has 0 amide bonds. The summed E-state index contributed by atoms with van der Waals surface area (Å²) in [5.41, 5.74) is 11.5. The highest BCUT2D eigenvalue weighted by Gasteiger charge is 2.65. The Labute approximate surface area is 114 Å². The fraction of sp³-hybridized carbons (Fsp3) is 0.562. The molecule has 1 aliphatic heterocycles. The normalized spacial score (nSPS) is 38.5. The Morgan fingerprint density at radius 1 is 1.26 bits per heavy atom. The molecule has 1 aromatic heterocycles. The zero-order valence-electron chi connectivity index (χ0n) is 11.8. The lowest BCUT2D eigenvalue weighted by molar-refractivity contribution is 0.120. The van der Waals surface area contributed by atoms with Crippen molar-refractivity contribution >= 4 is 5.70 Å². The van der Waals surface area contributed by atoms with Gasteiger partial charge in [0.25, 0.3) is 0 Å². The standard InChI is InChI=1S/C16H21N3/c1-15(2)10-7-8-16(15,3)14-12(10)13(18-19-14)11-6-4-5-9-17-11/h4-6,9-10,14,18-19H,7-8H2,1-3H3. The lowest BCUT2D eigenvalue weighted by Crippen LogP contribution is -2.46. The molecule has 2 fully saturated rings. The molecule has 3 aliphatic rings. The number of hydrogen-bond acceptors (Lipinski definition) is 3. The van der Waals surface area contributed by atoms with Crippen LogP contribution in [0.5, 0.6) is 0 Å². The van der Waals surface area contributed by atoms with Gasteiger partial charge in [-0.05, 0) is 47.3 Å². The number of pyridine rings is 1. The van der Waals surface area contributed by atoms with Crippen LogP contribution in [0.4, 0.5) is 0 Å². The van der Waals surface area contributed by atoms with Crippen molar-refractivity contribution in [3.63, 3.8) is 0 Å². The molecular formula is C16H21N3. The summed E-state index contributed by atoms with van der Waals surface area (Å²) in [6.07, 6.45) is 4.51. The Bertz CT molecular complexity index is 561. The quantitative estimate of drug-likeness (QED) is 0.810. The molecule has 100 valence electrons. The van der Waals surface area contributed by atoms with Crippen LogP contribution >= 0.6 is 0 Å². The van der Waals surface area contributed by atoms with Gasteiger partial charge in [-0.15, -0.1) is 0 Å². The van der Waals surface area contributed by atoms with E-state index in [4.69, 9.17) is 0 Å². The predicted octanol–water partition coefficient (Wildman–Crippen LogP) is 2.73. The number of hydrogen-bond donors (Lipinski definition) is 2. The van der Waals surface area contributed by atoms with Gasteiger partial charge >= 0.3 is 0 Å². The fourth-order valence-corrected chi connectivity index (χ4v) is 4.62. The maximum absolute atomic E-state index is 4.51. The van der Waals surface area contributed by atoms with Crippen LogP contribution < -0.4 is 10.9 Å². The first-order valence-corrected chi connectivity index (χ1v) is 7.23. The first-order valence-electron chi connectivity index (χ1n) is 7.23. The molecule has 0 saturated heterocycles. The van der Waals surface area contributed by atoms with Crippen molar-refractivity contribution < 1.29 is 0 Å². The Kier molecular flexibility index (Phi) is 2.05. The van der Waals surface area contributed by atoms with Crippen LogP contribution in [0.3, 0.4) is 0 Å². The summed E-state index contributed by atoms with van der Waals surface area (Å²) in [5.74, 6) is 0.682. The highest BCUT2D eigenvalue weighted by atomic mass is 15.4. The first kappa shape index (κ1) is 11.5. The average Bonchev–Trinajstić information content (AvgIpc) is 2.98. The third-order valence-electron chi connectivity index (χ3n) is 6.17. The Balaban J connectivity index is 1.89. The number of fused-ring (bicyclic) bond motifs is 5. The van der Waals surface area contributed by atoms with Gasteiger partial charge in [0.2, 0.25) is 0 Å². The number of aromatic nitrogens is 1. The molecule has 0 spiro atoms. The van der Waals surface area contributed by atoms with Gasteiger partial charge in [0, 0.05) is 6.20 Å². The molecule has 4 rings (SSSR count). The molecule has 3 heteroatoms. The van der Waals surface area contributed by atoms with Crippen LogP contribution in [0.1, 0.15) is 39.3 Å². The van der Waals surface area contributed by atoms with E-state index in [9.17, 15) is 0 Å². The molecule has 2 bridgehead atoms. The van der Waals surface area contributed by atoms with Gasteiger partial charge in [0.1, 0.15) is 0 Å². The Morgan fingerprint density at radius 3 is 2.84 bits per heavy atom. The lowest BCUT2D eigenvalue weighted by atomic mass is 9.69. The predicted molar refractivity (Wildman–Crippen MR) is 75.8 cm³/mol. The van der Waals surface area contributed by atoms with E-state index in [1.165, 1.54) is 18.5 Å². The average molecular weight is 255 g/mol. The zero-order chi connectivity index (χ0) is 13.3. The topological polar surface area (TPSA) is 37.0 Å². The minimum absolute atomic E-state index is 0.358. The van der Waals surface area contributed by atoms with E-state index in [1.54, 1.807) is 5.57 Å². The van der Waals surface area contributed by atoms with Crippen molar-refractivity contribution in [3.8, 4) is 0 Å². The van der Waals surface area contributed by atoms with E-state index < -0.39 is 0 Å². The van der Waals surface area contributed by atoms with Crippen molar-refractivity contribution in [1.82, 2.24) is 15.8 Å². The van der Waals surface area contributed by atoms with E-state index in [0.717, 1.165) is 5.69 Å². The molecule has 19 heavy (non-hydrogen) atoms.